The van der Waals surface area contributed by atoms with Gasteiger partial charge in [-0.05, 0) is 62.9 Å². The molecule has 0 spiro atoms. The van der Waals surface area contributed by atoms with Crippen molar-refractivity contribution in [1.82, 2.24) is 10.2 Å². The Labute approximate surface area is 183 Å². The summed E-state index contributed by atoms with van der Waals surface area (Å²) in [6.45, 7) is 3.35. The second kappa shape index (κ2) is 10.3. The Morgan fingerprint density at radius 3 is 2.52 bits per heavy atom. The van der Waals surface area contributed by atoms with Gasteiger partial charge in [-0.2, -0.15) is 13.2 Å². The summed E-state index contributed by atoms with van der Waals surface area (Å²) in [5.74, 6) is -0.580. The summed E-state index contributed by atoms with van der Waals surface area (Å²) < 4.78 is 39.4. The lowest BCUT2D eigenvalue weighted by atomic mass is 9.95. The highest BCUT2D eigenvalue weighted by Gasteiger charge is 2.35. The second-order valence-corrected chi connectivity index (χ2v) is 8.67. The van der Waals surface area contributed by atoms with Gasteiger partial charge in [0.25, 0.3) is 0 Å². The molecule has 0 bridgehead atoms. The van der Waals surface area contributed by atoms with Crippen molar-refractivity contribution in [3.63, 3.8) is 0 Å². The number of amides is 2. The lowest BCUT2D eigenvalue weighted by molar-refractivity contribution is -0.137. The normalized spacial score (nSPS) is 16.6. The largest absolute Gasteiger partial charge is 0.418 e. The lowest BCUT2D eigenvalue weighted by Gasteiger charge is -2.34. The van der Waals surface area contributed by atoms with E-state index in [1.165, 1.54) is 23.1 Å². The Bertz CT molecular complexity index is 878. The van der Waals surface area contributed by atoms with Crippen molar-refractivity contribution in [1.29, 1.82) is 0 Å². The highest BCUT2D eigenvalue weighted by atomic mass is 32.1. The Morgan fingerprint density at radius 1 is 1.16 bits per heavy atom. The molecule has 1 saturated heterocycles. The number of carbonyl (C=O) groups is 2. The average molecular weight is 454 g/mol. The number of carbonyl (C=O) groups excluding carboxylic acids is 2. The van der Waals surface area contributed by atoms with E-state index in [9.17, 15) is 22.8 Å². The van der Waals surface area contributed by atoms with Crippen molar-refractivity contribution in [3.05, 3.63) is 52.2 Å². The average Bonchev–Trinajstić information content (AvgIpc) is 3.26. The quantitative estimate of drug-likeness (QED) is 0.662. The van der Waals surface area contributed by atoms with Gasteiger partial charge in [-0.1, -0.05) is 18.2 Å². The molecule has 168 valence electrons. The van der Waals surface area contributed by atoms with Gasteiger partial charge in [0.05, 0.1) is 17.3 Å². The summed E-state index contributed by atoms with van der Waals surface area (Å²) in [5, 5.41) is 7.39. The zero-order chi connectivity index (χ0) is 22.4. The van der Waals surface area contributed by atoms with Gasteiger partial charge in [0.15, 0.2) is 0 Å². The molecule has 1 fully saturated rings. The molecular weight excluding hydrogens is 427 g/mol. The van der Waals surface area contributed by atoms with Crippen LogP contribution in [0.2, 0.25) is 0 Å². The molecule has 0 saturated carbocycles. The fourth-order valence-corrected chi connectivity index (χ4v) is 4.41. The monoisotopic (exact) mass is 453 g/mol. The van der Waals surface area contributed by atoms with Gasteiger partial charge in [0, 0.05) is 17.3 Å². The molecule has 1 aromatic heterocycles. The van der Waals surface area contributed by atoms with Gasteiger partial charge in [-0.3, -0.25) is 14.5 Å². The maximum absolute atomic E-state index is 13.1. The van der Waals surface area contributed by atoms with E-state index in [1.54, 1.807) is 18.3 Å². The minimum atomic E-state index is -4.54. The van der Waals surface area contributed by atoms with Crippen molar-refractivity contribution >= 4 is 28.8 Å². The van der Waals surface area contributed by atoms with Crippen LogP contribution in [0.15, 0.2) is 41.8 Å². The molecule has 1 unspecified atom stereocenters. The second-order valence-electron chi connectivity index (χ2n) is 7.64. The minimum absolute atomic E-state index is 0.0208. The van der Waals surface area contributed by atoms with Gasteiger partial charge in [-0.15, -0.1) is 11.3 Å². The van der Waals surface area contributed by atoms with Crippen LogP contribution in [0.5, 0.6) is 0 Å². The molecular formula is C22H26F3N3O2S. The number of piperidine rings is 1. The molecule has 1 atom stereocenters. The smallest absolute Gasteiger partial charge is 0.355 e. The standard InChI is InChI=1S/C22H26F3N3O2S/c1-15(20(29)27-19-7-3-2-6-18(19)22(23,24)25)28-12-9-16(10-13-28)21(30)26-11-8-17-5-4-14-31-17/h2-7,14-16H,8-13H2,1H3,(H,26,30)(H,27,29). The van der Waals surface area contributed by atoms with Crippen LogP contribution < -0.4 is 10.6 Å². The van der Waals surface area contributed by atoms with Crippen LogP contribution in [0.25, 0.3) is 0 Å². The van der Waals surface area contributed by atoms with E-state index < -0.39 is 23.7 Å². The predicted octanol–water partition coefficient (Wildman–Crippen LogP) is 4.16. The summed E-state index contributed by atoms with van der Waals surface area (Å²) >= 11 is 1.66. The van der Waals surface area contributed by atoms with Gasteiger partial charge in [0.2, 0.25) is 11.8 Å². The first-order valence-electron chi connectivity index (χ1n) is 10.3. The molecule has 2 amide bonds. The molecule has 0 radical (unpaired) electrons. The molecule has 2 N–H and O–H groups in total. The lowest BCUT2D eigenvalue weighted by Crippen LogP contribution is -2.48. The maximum atomic E-state index is 13.1. The van der Waals surface area contributed by atoms with E-state index >= 15 is 0 Å². The van der Waals surface area contributed by atoms with Crippen molar-refractivity contribution < 1.29 is 22.8 Å². The van der Waals surface area contributed by atoms with Crippen molar-refractivity contribution in [2.75, 3.05) is 25.0 Å². The fourth-order valence-electron chi connectivity index (χ4n) is 3.70. The number of para-hydroxylation sites is 1. The van der Waals surface area contributed by atoms with Crippen molar-refractivity contribution in [2.45, 2.75) is 38.4 Å². The van der Waals surface area contributed by atoms with Gasteiger partial charge < -0.3 is 10.6 Å². The third-order valence-electron chi connectivity index (χ3n) is 5.57. The molecule has 2 aromatic rings. The minimum Gasteiger partial charge on any atom is -0.355 e. The van der Waals surface area contributed by atoms with Crippen LogP contribution >= 0.6 is 11.3 Å². The van der Waals surface area contributed by atoms with E-state index in [0.29, 0.717) is 32.5 Å². The number of rotatable bonds is 7. The Morgan fingerprint density at radius 2 is 1.87 bits per heavy atom. The number of likely N-dealkylation sites (tertiary alicyclic amines) is 1. The molecule has 31 heavy (non-hydrogen) atoms. The van der Waals surface area contributed by atoms with Crippen LogP contribution in [0.1, 0.15) is 30.2 Å². The first kappa shape index (κ1) is 23.3. The van der Waals surface area contributed by atoms with Crippen LogP contribution in [0.3, 0.4) is 0 Å². The number of nitrogens with one attached hydrogen (secondary N) is 2. The third-order valence-corrected chi connectivity index (χ3v) is 6.50. The molecule has 2 heterocycles. The number of alkyl halides is 3. The molecule has 5 nitrogen and oxygen atoms in total. The third kappa shape index (κ3) is 6.30. The molecule has 9 heteroatoms. The number of hydrogen-bond acceptors (Lipinski definition) is 4. The summed E-state index contributed by atoms with van der Waals surface area (Å²) in [5.41, 5.74) is -1.11. The van der Waals surface area contributed by atoms with Gasteiger partial charge >= 0.3 is 6.18 Å². The van der Waals surface area contributed by atoms with Gasteiger partial charge in [-0.25, -0.2) is 0 Å². The number of benzene rings is 1. The van der Waals surface area contributed by atoms with Gasteiger partial charge in [0.1, 0.15) is 0 Å². The molecule has 1 aliphatic heterocycles. The number of hydrogen-bond donors (Lipinski definition) is 2. The Kier molecular flexibility index (Phi) is 7.72. The topological polar surface area (TPSA) is 61.4 Å². The van der Waals surface area contributed by atoms with E-state index in [1.807, 2.05) is 22.4 Å². The zero-order valence-electron chi connectivity index (χ0n) is 17.2. The Balaban J connectivity index is 1.47. The van der Waals surface area contributed by atoms with Crippen LogP contribution in [-0.2, 0) is 22.2 Å². The van der Waals surface area contributed by atoms with Crippen molar-refractivity contribution in [3.8, 4) is 0 Å². The SMILES string of the molecule is CC(C(=O)Nc1ccccc1C(F)(F)F)N1CCC(C(=O)NCCc2cccs2)CC1. The predicted molar refractivity (Wildman–Crippen MR) is 115 cm³/mol. The van der Waals surface area contributed by atoms with E-state index in [-0.39, 0.29) is 17.5 Å². The van der Waals surface area contributed by atoms with Crippen LogP contribution in [0.4, 0.5) is 18.9 Å². The number of halogens is 3. The molecule has 3 rings (SSSR count). The van der Waals surface area contributed by atoms with Crippen molar-refractivity contribution in [2.24, 2.45) is 5.92 Å². The molecule has 0 aliphatic carbocycles. The fraction of sp³-hybridized carbons (Fsp3) is 0.455. The number of anilines is 1. The highest BCUT2D eigenvalue weighted by Crippen LogP contribution is 2.34. The summed E-state index contributed by atoms with van der Waals surface area (Å²) in [6, 6.07) is 8.37. The van der Waals surface area contributed by atoms with Crippen LogP contribution in [0, 0.1) is 5.92 Å². The summed E-state index contributed by atoms with van der Waals surface area (Å²) in [6.07, 6.45) is -2.51. The van der Waals surface area contributed by atoms with E-state index in [0.717, 1.165) is 12.5 Å². The zero-order valence-corrected chi connectivity index (χ0v) is 18.1. The van der Waals surface area contributed by atoms with E-state index in [2.05, 4.69) is 10.6 Å². The number of nitrogens with zero attached hydrogens (tertiary/aromatic N) is 1. The van der Waals surface area contributed by atoms with E-state index in [4.69, 9.17) is 0 Å². The molecule has 1 aromatic carbocycles. The van der Waals surface area contributed by atoms with Crippen LogP contribution in [-0.4, -0.2) is 42.4 Å². The number of thiophene rings is 1. The summed E-state index contributed by atoms with van der Waals surface area (Å²) in [4.78, 5) is 28.1. The first-order valence-corrected chi connectivity index (χ1v) is 11.1. The maximum Gasteiger partial charge on any atom is 0.418 e. The summed E-state index contributed by atoms with van der Waals surface area (Å²) in [7, 11) is 0. The Hall–Kier alpha value is -2.39. The highest BCUT2D eigenvalue weighted by molar-refractivity contribution is 7.09. The molecule has 1 aliphatic rings. The first-order chi connectivity index (χ1) is 14.8.